The molecule has 0 spiro atoms. The summed E-state index contributed by atoms with van der Waals surface area (Å²) in [6.45, 7) is -0.0602. The number of carbonyl (C=O) groups excluding carboxylic acids is 1. The first-order valence-electron chi connectivity index (χ1n) is 8.90. The first-order valence-corrected chi connectivity index (χ1v) is 10.2. The molecule has 0 bridgehead atoms. The number of rotatable bonds is 3. The molecule has 1 amide bonds. The standard InChI is InChI=1S/C19H14ClF4N3O2S/c20-14-2-1-10(5-13(14)19(22,23)24)12-8-30-17-16(12)18(29)27(9-25-17)7-15(28)26-4-3-11(21)6-26/h1-2,5,8-9,11H,3-4,6-7H2. The lowest BCUT2D eigenvalue weighted by Gasteiger charge is -2.16. The summed E-state index contributed by atoms with van der Waals surface area (Å²) in [5.41, 5.74) is -1.11. The van der Waals surface area contributed by atoms with Gasteiger partial charge in [0.25, 0.3) is 5.56 Å². The van der Waals surface area contributed by atoms with Crippen LogP contribution in [0.5, 0.6) is 0 Å². The number of benzene rings is 1. The molecule has 4 rings (SSSR count). The molecular formula is C19H14ClF4N3O2S. The summed E-state index contributed by atoms with van der Waals surface area (Å²) in [4.78, 5) is 31.2. The van der Waals surface area contributed by atoms with Crippen molar-refractivity contribution in [2.24, 2.45) is 0 Å². The Labute approximate surface area is 176 Å². The number of amides is 1. The van der Waals surface area contributed by atoms with Gasteiger partial charge in [0.1, 0.15) is 17.5 Å². The normalized spacial score (nSPS) is 17.1. The Bertz CT molecular complexity index is 1190. The summed E-state index contributed by atoms with van der Waals surface area (Å²) in [7, 11) is 0. The molecule has 1 aromatic carbocycles. The van der Waals surface area contributed by atoms with Gasteiger partial charge in [-0.15, -0.1) is 11.3 Å². The van der Waals surface area contributed by atoms with Crippen molar-refractivity contribution in [2.75, 3.05) is 13.1 Å². The predicted octanol–water partition coefficient (Wildman–Crippen LogP) is 4.37. The Hall–Kier alpha value is -2.46. The van der Waals surface area contributed by atoms with Gasteiger partial charge in [-0.3, -0.25) is 14.2 Å². The maximum Gasteiger partial charge on any atom is 0.417 e. The molecule has 158 valence electrons. The van der Waals surface area contributed by atoms with Crippen LogP contribution in [0.3, 0.4) is 0 Å². The molecule has 11 heteroatoms. The number of carbonyl (C=O) groups is 1. The van der Waals surface area contributed by atoms with E-state index in [1.54, 1.807) is 5.38 Å². The Morgan fingerprint density at radius 2 is 2.10 bits per heavy atom. The molecule has 1 aliphatic heterocycles. The zero-order valence-corrected chi connectivity index (χ0v) is 16.8. The van der Waals surface area contributed by atoms with Crippen molar-refractivity contribution >= 4 is 39.1 Å². The van der Waals surface area contributed by atoms with Gasteiger partial charge >= 0.3 is 6.18 Å². The van der Waals surface area contributed by atoms with Crippen molar-refractivity contribution in [1.29, 1.82) is 0 Å². The molecule has 0 aliphatic carbocycles. The monoisotopic (exact) mass is 459 g/mol. The van der Waals surface area contributed by atoms with Gasteiger partial charge < -0.3 is 4.90 Å². The van der Waals surface area contributed by atoms with Crippen LogP contribution in [0.25, 0.3) is 21.3 Å². The quantitative estimate of drug-likeness (QED) is 0.547. The Morgan fingerprint density at radius 1 is 1.33 bits per heavy atom. The molecular weight excluding hydrogens is 446 g/mol. The van der Waals surface area contributed by atoms with Crippen LogP contribution < -0.4 is 5.56 Å². The smallest absolute Gasteiger partial charge is 0.338 e. The van der Waals surface area contributed by atoms with Crippen molar-refractivity contribution in [2.45, 2.75) is 25.3 Å². The fourth-order valence-electron chi connectivity index (χ4n) is 3.39. The average molecular weight is 460 g/mol. The fourth-order valence-corrected chi connectivity index (χ4v) is 4.52. The van der Waals surface area contributed by atoms with Gasteiger partial charge in [0.2, 0.25) is 5.91 Å². The summed E-state index contributed by atoms with van der Waals surface area (Å²) in [5.74, 6) is -0.416. The molecule has 1 aliphatic rings. The highest BCUT2D eigenvalue weighted by Crippen LogP contribution is 2.39. The number of halogens is 5. The zero-order chi connectivity index (χ0) is 21.6. The van der Waals surface area contributed by atoms with Gasteiger partial charge in [0, 0.05) is 17.5 Å². The van der Waals surface area contributed by atoms with Crippen molar-refractivity contribution in [3.63, 3.8) is 0 Å². The molecule has 1 saturated heterocycles. The number of hydrogen-bond acceptors (Lipinski definition) is 4. The number of fused-ring (bicyclic) bond motifs is 1. The maximum atomic E-state index is 13.3. The topological polar surface area (TPSA) is 55.2 Å². The molecule has 5 nitrogen and oxygen atoms in total. The van der Waals surface area contributed by atoms with E-state index >= 15 is 0 Å². The van der Waals surface area contributed by atoms with Crippen LogP contribution in [0.2, 0.25) is 5.02 Å². The highest BCUT2D eigenvalue weighted by atomic mass is 35.5. The van der Waals surface area contributed by atoms with Gasteiger partial charge in [-0.2, -0.15) is 13.2 Å². The van der Waals surface area contributed by atoms with Crippen LogP contribution >= 0.6 is 22.9 Å². The number of hydrogen-bond donors (Lipinski definition) is 0. The summed E-state index contributed by atoms with van der Waals surface area (Å²) in [6, 6.07) is 3.41. The Kier molecular flexibility index (Phi) is 5.31. The van der Waals surface area contributed by atoms with E-state index in [0.29, 0.717) is 4.83 Å². The summed E-state index contributed by atoms with van der Waals surface area (Å²) in [5, 5.41) is 1.22. The van der Waals surface area contributed by atoms with Crippen molar-refractivity contribution in [3.8, 4) is 11.1 Å². The van der Waals surface area contributed by atoms with E-state index in [9.17, 15) is 27.2 Å². The van der Waals surface area contributed by atoms with Crippen LogP contribution in [0.15, 0.2) is 34.7 Å². The van der Waals surface area contributed by atoms with E-state index in [-0.39, 0.29) is 42.6 Å². The summed E-state index contributed by atoms with van der Waals surface area (Å²) in [6.07, 6.45) is -4.25. The molecule has 1 fully saturated rings. The highest BCUT2D eigenvalue weighted by molar-refractivity contribution is 7.17. The second-order valence-corrected chi connectivity index (χ2v) is 8.19. The number of likely N-dealkylation sites (tertiary alicyclic amines) is 1. The SMILES string of the molecule is O=C(Cn1cnc2scc(-c3ccc(Cl)c(C(F)(F)F)c3)c2c1=O)N1CCC(F)C1. The minimum absolute atomic E-state index is 0.0159. The van der Waals surface area contributed by atoms with Crippen molar-refractivity contribution in [1.82, 2.24) is 14.5 Å². The third-order valence-corrected chi connectivity index (χ3v) is 6.15. The second kappa shape index (κ2) is 7.66. The zero-order valence-electron chi connectivity index (χ0n) is 15.2. The van der Waals surface area contributed by atoms with E-state index in [2.05, 4.69) is 4.98 Å². The van der Waals surface area contributed by atoms with E-state index in [0.717, 1.165) is 28.0 Å². The van der Waals surface area contributed by atoms with Crippen LogP contribution in [-0.4, -0.2) is 39.6 Å². The molecule has 0 N–H and O–H groups in total. The molecule has 0 saturated carbocycles. The van der Waals surface area contributed by atoms with E-state index in [4.69, 9.17) is 11.6 Å². The third-order valence-electron chi connectivity index (χ3n) is 4.93. The van der Waals surface area contributed by atoms with Gasteiger partial charge in [-0.25, -0.2) is 9.37 Å². The van der Waals surface area contributed by atoms with Gasteiger partial charge in [-0.1, -0.05) is 17.7 Å². The lowest BCUT2D eigenvalue weighted by molar-refractivity contribution is -0.137. The van der Waals surface area contributed by atoms with Crippen molar-refractivity contribution < 1.29 is 22.4 Å². The predicted molar refractivity (Wildman–Crippen MR) is 105 cm³/mol. The number of nitrogens with zero attached hydrogens (tertiary/aromatic N) is 3. The van der Waals surface area contributed by atoms with Crippen LogP contribution in [-0.2, 0) is 17.5 Å². The molecule has 1 atom stereocenters. The average Bonchev–Trinajstić information content (AvgIpc) is 3.30. The Balaban J connectivity index is 1.74. The largest absolute Gasteiger partial charge is 0.417 e. The minimum atomic E-state index is -4.65. The molecule has 3 heterocycles. The first kappa shape index (κ1) is 20.8. The molecule has 1 unspecified atom stereocenters. The van der Waals surface area contributed by atoms with E-state index in [1.165, 1.54) is 17.3 Å². The van der Waals surface area contributed by atoms with Crippen molar-refractivity contribution in [3.05, 3.63) is 50.8 Å². The lowest BCUT2D eigenvalue weighted by Crippen LogP contribution is -2.35. The summed E-state index contributed by atoms with van der Waals surface area (Å²) < 4.78 is 54.1. The van der Waals surface area contributed by atoms with E-state index < -0.39 is 34.4 Å². The molecule has 3 aromatic rings. The summed E-state index contributed by atoms with van der Waals surface area (Å²) >= 11 is 6.79. The lowest BCUT2D eigenvalue weighted by atomic mass is 10.0. The third kappa shape index (κ3) is 3.81. The highest BCUT2D eigenvalue weighted by Gasteiger charge is 2.33. The number of thiophene rings is 1. The first-order chi connectivity index (χ1) is 14.1. The minimum Gasteiger partial charge on any atom is -0.338 e. The van der Waals surface area contributed by atoms with Gasteiger partial charge in [0.05, 0.1) is 28.8 Å². The number of aromatic nitrogens is 2. The number of alkyl halides is 4. The molecule has 30 heavy (non-hydrogen) atoms. The second-order valence-electron chi connectivity index (χ2n) is 6.93. The molecule has 2 aromatic heterocycles. The molecule has 0 radical (unpaired) electrons. The van der Waals surface area contributed by atoms with E-state index in [1.807, 2.05) is 0 Å². The van der Waals surface area contributed by atoms with Gasteiger partial charge in [0.15, 0.2) is 0 Å². The van der Waals surface area contributed by atoms with Crippen LogP contribution in [0, 0.1) is 0 Å². The Morgan fingerprint density at radius 3 is 2.77 bits per heavy atom. The van der Waals surface area contributed by atoms with Crippen LogP contribution in [0.4, 0.5) is 17.6 Å². The maximum absolute atomic E-state index is 13.3. The fraction of sp³-hybridized carbons (Fsp3) is 0.316. The van der Waals surface area contributed by atoms with Gasteiger partial charge in [-0.05, 0) is 24.1 Å². The van der Waals surface area contributed by atoms with Crippen LogP contribution in [0.1, 0.15) is 12.0 Å².